The van der Waals surface area contributed by atoms with Crippen LogP contribution in [0.25, 0.3) is 0 Å². The van der Waals surface area contributed by atoms with Crippen molar-refractivity contribution in [1.29, 1.82) is 0 Å². The molecule has 4 aromatic rings. The summed E-state index contributed by atoms with van der Waals surface area (Å²) in [5, 5.41) is 9.99. The second kappa shape index (κ2) is 17.4. The largest absolute Gasteiger partial charge is 0.495 e. The zero-order chi connectivity index (χ0) is 38.5. The van der Waals surface area contributed by atoms with Gasteiger partial charge in [0.25, 0.3) is 0 Å². The van der Waals surface area contributed by atoms with E-state index in [-0.39, 0.29) is 37.3 Å². The van der Waals surface area contributed by atoms with E-state index in [4.69, 9.17) is 35.3 Å². The Hall–Kier alpha value is -4.71. The van der Waals surface area contributed by atoms with Crippen molar-refractivity contribution in [3.63, 3.8) is 0 Å². The van der Waals surface area contributed by atoms with Crippen LogP contribution < -0.4 is 30.2 Å². The molecule has 2 unspecified atom stereocenters. The normalized spacial score (nSPS) is 18.4. The van der Waals surface area contributed by atoms with Crippen molar-refractivity contribution in [2.24, 2.45) is 5.92 Å². The second-order valence-electron chi connectivity index (χ2n) is 13.2. The molecule has 2 atom stereocenters. The number of ether oxygens (including phenoxy) is 5. The van der Waals surface area contributed by atoms with Gasteiger partial charge in [-0.15, -0.1) is 0 Å². The molecule has 0 radical (unpaired) electrons. The van der Waals surface area contributed by atoms with Crippen LogP contribution in [0.1, 0.15) is 42.5 Å². The minimum atomic E-state index is -0.731. The summed E-state index contributed by atoms with van der Waals surface area (Å²) < 4.78 is 45.0. The number of hydrogen-bond donors (Lipinski definition) is 3. The number of hydrogen-bond acceptors (Lipinski definition) is 13. The lowest BCUT2D eigenvalue weighted by Gasteiger charge is -2.43. The van der Waals surface area contributed by atoms with Crippen LogP contribution >= 0.6 is 27.5 Å². The third-order valence-electron chi connectivity index (χ3n) is 9.72. The van der Waals surface area contributed by atoms with E-state index in [0.717, 1.165) is 24.4 Å². The molecule has 2 aliphatic heterocycles. The van der Waals surface area contributed by atoms with Gasteiger partial charge in [-0.3, -0.25) is 0 Å². The third kappa shape index (κ3) is 8.90. The molecule has 3 aliphatic rings. The molecule has 18 heteroatoms. The summed E-state index contributed by atoms with van der Waals surface area (Å²) in [4.78, 5) is 35.4. The van der Waals surface area contributed by atoms with Crippen LogP contribution in [-0.4, -0.2) is 103 Å². The van der Waals surface area contributed by atoms with Gasteiger partial charge in [0.2, 0.25) is 17.8 Å². The fourth-order valence-corrected chi connectivity index (χ4v) is 7.13. The van der Waals surface area contributed by atoms with Crippen LogP contribution in [-0.2, 0) is 9.47 Å². The zero-order valence-corrected chi connectivity index (χ0v) is 33.0. The molecule has 2 saturated heterocycles. The highest BCUT2D eigenvalue weighted by Crippen LogP contribution is 2.39. The summed E-state index contributed by atoms with van der Waals surface area (Å²) in [6.07, 6.45) is 6.71. The average molecular weight is 843 g/mol. The van der Waals surface area contributed by atoms with Gasteiger partial charge >= 0.3 is 6.03 Å². The smallest absolute Gasteiger partial charge is 0.321 e. The van der Waals surface area contributed by atoms with Gasteiger partial charge in [0.15, 0.2) is 0 Å². The lowest BCUT2D eigenvalue weighted by Crippen LogP contribution is -2.53. The Labute approximate surface area is 331 Å². The molecule has 15 nitrogen and oxygen atoms in total. The minimum Gasteiger partial charge on any atom is -0.495 e. The predicted octanol–water partition coefficient (Wildman–Crippen LogP) is 7.11. The lowest BCUT2D eigenvalue weighted by atomic mass is 10.0. The number of morpholine rings is 2. The summed E-state index contributed by atoms with van der Waals surface area (Å²) in [5.74, 6) is 2.49. The van der Waals surface area contributed by atoms with Crippen LogP contribution in [0.4, 0.5) is 38.3 Å². The molecule has 0 bridgehead atoms. The Bertz CT molecular complexity index is 2010. The maximum absolute atomic E-state index is 16.1. The first-order valence-corrected chi connectivity index (χ1v) is 19.1. The summed E-state index contributed by atoms with van der Waals surface area (Å²) in [7, 11) is 4.54. The second-order valence-corrected chi connectivity index (χ2v) is 14.5. The molecule has 2 amide bonds. The van der Waals surface area contributed by atoms with Crippen molar-refractivity contribution in [3.8, 4) is 17.4 Å². The molecular weight excluding hydrogens is 801 g/mol. The highest BCUT2D eigenvalue weighted by atomic mass is 79.9. The topological polar surface area (TPSA) is 157 Å². The first-order valence-electron chi connectivity index (χ1n) is 17.9. The van der Waals surface area contributed by atoms with E-state index in [2.05, 4.69) is 51.8 Å². The number of nitrogens with one attached hydrogen (secondary N) is 3. The number of nitrogens with zero attached hydrogens (tertiary/aromatic N) is 6. The number of halogens is 3. The van der Waals surface area contributed by atoms with Crippen molar-refractivity contribution < 1.29 is 32.9 Å². The van der Waals surface area contributed by atoms with E-state index < -0.39 is 17.9 Å². The summed E-state index contributed by atoms with van der Waals surface area (Å²) in [6.45, 7) is 2.39. The zero-order valence-electron chi connectivity index (χ0n) is 30.6. The number of carbonyl (C=O) groups excluding carboxylic acids is 1. The average Bonchev–Trinajstić information content (AvgIpc) is 4.04. The molecule has 3 N–H and O–H groups in total. The molecule has 3 fully saturated rings. The van der Waals surface area contributed by atoms with Gasteiger partial charge in [0.1, 0.15) is 28.2 Å². The Kier molecular flexibility index (Phi) is 12.2. The summed E-state index contributed by atoms with van der Waals surface area (Å²) >= 11 is 9.70. The Morgan fingerprint density at radius 1 is 0.909 bits per heavy atom. The fraction of sp³-hybridized carbons (Fsp3) is 0.432. The number of rotatable bonds is 13. The predicted molar refractivity (Wildman–Crippen MR) is 208 cm³/mol. The maximum atomic E-state index is 16.1. The molecule has 292 valence electrons. The van der Waals surface area contributed by atoms with Gasteiger partial charge < -0.3 is 49.4 Å². The van der Waals surface area contributed by atoms with Crippen molar-refractivity contribution in [1.82, 2.24) is 29.7 Å². The molecule has 1 saturated carbocycles. The van der Waals surface area contributed by atoms with E-state index in [1.807, 2.05) is 18.2 Å². The number of urea groups is 1. The summed E-state index contributed by atoms with van der Waals surface area (Å²) in [6, 6.07) is 7.05. The van der Waals surface area contributed by atoms with Gasteiger partial charge in [0, 0.05) is 31.3 Å². The standard InChI is InChI=1S/C37H42BrClFN9O6/c1-51-31-14-22(6-7-27(31)44-35-43-18-25(39)33(46-35)41-9-8-21-4-5-21)29-19-54-12-10-48(29)37(50)49-11-13-55-20-30(49)23-15-32(52-2)28(16-26(23)40)45-36-42-17-24(38)34(47-36)53-3/h6-7,14-18,21,29-30H,4-5,8-13,19-20H2,1-3H3,(H,42,45,47)(H2,41,43,44,46). The number of aromatic nitrogens is 4. The van der Waals surface area contributed by atoms with Crippen LogP contribution in [0, 0.1) is 11.7 Å². The molecule has 1 aliphatic carbocycles. The Balaban J connectivity index is 1.09. The van der Waals surface area contributed by atoms with Crippen LogP contribution in [0.2, 0.25) is 5.02 Å². The van der Waals surface area contributed by atoms with E-state index >= 15 is 4.39 Å². The maximum Gasteiger partial charge on any atom is 0.321 e. The minimum absolute atomic E-state index is 0.0966. The van der Waals surface area contributed by atoms with Crippen molar-refractivity contribution in [3.05, 3.63) is 69.2 Å². The third-order valence-corrected chi connectivity index (χ3v) is 10.5. The SMILES string of the molecule is COc1cc(C2COCCN2C(=O)N2CCOCC2c2cc(OC)c(Nc3ncc(Br)c(OC)n3)cc2F)ccc1Nc1ncc(Cl)c(NCCC2CC2)n1. The van der Waals surface area contributed by atoms with E-state index in [9.17, 15) is 4.79 Å². The molecule has 7 rings (SSSR count). The number of amides is 2. The first kappa shape index (κ1) is 38.6. The number of methoxy groups -OCH3 is 3. The first-order chi connectivity index (χ1) is 26.8. The van der Waals surface area contributed by atoms with Crippen molar-refractivity contribution >= 4 is 62.7 Å². The van der Waals surface area contributed by atoms with E-state index in [1.54, 1.807) is 29.2 Å². The molecule has 2 aromatic carbocycles. The highest BCUT2D eigenvalue weighted by molar-refractivity contribution is 9.10. The number of carbonyl (C=O) groups is 1. The van der Waals surface area contributed by atoms with Gasteiger partial charge in [-0.05, 0) is 52.0 Å². The Morgan fingerprint density at radius 3 is 2.31 bits per heavy atom. The highest BCUT2D eigenvalue weighted by Gasteiger charge is 2.38. The quantitative estimate of drug-likeness (QED) is 0.125. The Morgan fingerprint density at radius 2 is 1.58 bits per heavy atom. The number of benzene rings is 2. The van der Waals surface area contributed by atoms with Crippen molar-refractivity contribution in [2.45, 2.75) is 31.3 Å². The van der Waals surface area contributed by atoms with Gasteiger partial charge in [-0.25, -0.2) is 19.2 Å². The van der Waals surface area contributed by atoms with Gasteiger partial charge in [-0.1, -0.05) is 30.5 Å². The van der Waals surface area contributed by atoms with E-state index in [0.29, 0.717) is 69.8 Å². The summed E-state index contributed by atoms with van der Waals surface area (Å²) in [5.41, 5.74) is 1.98. The molecule has 0 spiro atoms. The molecular formula is C37H42BrClFN9O6. The monoisotopic (exact) mass is 841 g/mol. The fourth-order valence-electron chi connectivity index (χ4n) is 6.62. The molecule has 55 heavy (non-hydrogen) atoms. The van der Waals surface area contributed by atoms with Crippen molar-refractivity contribution in [2.75, 3.05) is 83.3 Å². The molecule has 4 heterocycles. The van der Waals surface area contributed by atoms with Crippen LogP contribution in [0.15, 0.2) is 47.2 Å². The lowest BCUT2D eigenvalue weighted by molar-refractivity contribution is -0.0268. The van der Waals surface area contributed by atoms with Crippen LogP contribution in [0.3, 0.4) is 0 Å². The van der Waals surface area contributed by atoms with Crippen LogP contribution in [0.5, 0.6) is 17.4 Å². The van der Waals surface area contributed by atoms with Gasteiger partial charge in [-0.2, -0.15) is 9.97 Å². The number of anilines is 5. The van der Waals surface area contributed by atoms with Gasteiger partial charge in [0.05, 0.1) is 88.1 Å². The molecule has 2 aromatic heterocycles. The van der Waals surface area contributed by atoms with E-state index in [1.165, 1.54) is 39.3 Å².